The minimum atomic E-state index is 0.0497. The van der Waals surface area contributed by atoms with Crippen LogP contribution < -0.4 is 9.64 Å². The highest BCUT2D eigenvalue weighted by Crippen LogP contribution is 2.33. The first-order chi connectivity index (χ1) is 12.2. The van der Waals surface area contributed by atoms with Gasteiger partial charge in [-0.05, 0) is 36.8 Å². The summed E-state index contributed by atoms with van der Waals surface area (Å²) in [5.74, 6) is 1.55. The zero-order valence-electron chi connectivity index (χ0n) is 14.1. The molecule has 0 saturated carbocycles. The molecule has 0 radical (unpaired) electrons. The van der Waals surface area contributed by atoms with E-state index in [2.05, 4.69) is 9.97 Å². The molecule has 4 rings (SSSR count). The first kappa shape index (κ1) is 15.4. The Morgan fingerprint density at radius 2 is 1.84 bits per heavy atom. The first-order valence-corrected chi connectivity index (χ1v) is 8.08. The van der Waals surface area contributed by atoms with E-state index in [0.29, 0.717) is 19.0 Å². The van der Waals surface area contributed by atoms with Crippen LogP contribution in [0.2, 0.25) is 0 Å². The molecule has 1 aliphatic heterocycles. The average molecular weight is 334 g/mol. The van der Waals surface area contributed by atoms with E-state index in [4.69, 9.17) is 4.74 Å². The number of aromatic nitrogens is 3. The van der Waals surface area contributed by atoms with E-state index in [-0.39, 0.29) is 5.91 Å². The van der Waals surface area contributed by atoms with Gasteiger partial charge in [0.05, 0.1) is 25.0 Å². The molecule has 126 valence electrons. The smallest absolute Gasteiger partial charge is 0.249 e. The molecule has 0 aliphatic carbocycles. The van der Waals surface area contributed by atoms with Crippen molar-refractivity contribution in [2.45, 2.75) is 20.0 Å². The Labute approximate surface area is 145 Å². The molecular weight excluding hydrogens is 316 g/mol. The van der Waals surface area contributed by atoms with Gasteiger partial charge in [0, 0.05) is 18.0 Å². The van der Waals surface area contributed by atoms with E-state index < -0.39 is 0 Å². The van der Waals surface area contributed by atoms with Crippen molar-refractivity contribution in [3.8, 4) is 17.0 Å². The number of rotatable bonds is 4. The number of imidazole rings is 1. The topological polar surface area (TPSA) is 60.2 Å². The van der Waals surface area contributed by atoms with Crippen molar-refractivity contribution in [2.24, 2.45) is 0 Å². The Bertz CT molecular complexity index is 917. The Kier molecular flexibility index (Phi) is 3.72. The zero-order valence-corrected chi connectivity index (χ0v) is 14.1. The van der Waals surface area contributed by atoms with Crippen LogP contribution in [0.3, 0.4) is 0 Å². The number of carbonyl (C=O) groups excluding carboxylic acids is 1. The van der Waals surface area contributed by atoms with Gasteiger partial charge >= 0.3 is 0 Å². The molecule has 0 N–H and O–H groups in total. The highest BCUT2D eigenvalue weighted by atomic mass is 16.5. The average Bonchev–Trinajstić information content (AvgIpc) is 3.10. The molecule has 1 amide bonds. The van der Waals surface area contributed by atoms with Crippen molar-refractivity contribution >= 4 is 11.9 Å². The summed E-state index contributed by atoms with van der Waals surface area (Å²) in [6.45, 7) is 2.77. The summed E-state index contributed by atoms with van der Waals surface area (Å²) in [5, 5.41) is 0. The van der Waals surface area contributed by atoms with E-state index in [9.17, 15) is 4.79 Å². The molecular formula is C19H18N4O2. The maximum Gasteiger partial charge on any atom is 0.249 e. The predicted octanol–water partition coefficient (Wildman–Crippen LogP) is 2.81. The summed E-state index contributed by atoms with van der Waals surface area (Å²) >= 11 is 0. The van der Waals surface area contributed by atoms with Crippen molar-refractivity contribution in [1.29, 1.82) is 0 Å². The molecule has 6 nitrogen and oxygen atoms in total. The summed E-state index contributed by atoms with van der Waals surface area (Å²) in [6.07, 6.45) is 3.50. The van der Waals surface area contributed by atoms with Crippen LogP contribution in [0.4, 0.5) is 5.95 Å². The van der Waals surface area contributed by atoms with Gasteiger partial charge in [-0.3, -0.25) is 14.7 Å². The standard InChI is InChI=1S/C19H18N4O2/c1-13-18(15-7-9-20-10-8-15)23-12-17(24)22(19(23)21-13)11-14-3-5-16(25-2)6-4-14/h3-10H,11-12H2,1-2H3. The fourth-order valence-corrected chi connectivity index (χ4v) is 3.19. The molecule has 6 heteroatoms. The van der Waals surface area contributed by atoms with Gasteiger partial charge in [-0.1, -0.05) is 12.1 Å². The minimum Gasteiger partial charge on any atom is -0.497 e. The highest BCUT2D eigenvalue weighted by molar-refractivity contribution is 5.96. The van der Waals surface area contributed by atoms with Crippen LogP contribution in [0, 0.1) is 6.92 Å². The van der Waals surface area contributed by atoms with Crippen molar-refractivity contribution in [1.82, 2.24) is 14.5 Å². The molecule has 3 aromatic rings. The van der Waals surface area contributed by atoms with Crippen molar-refractivity contribution < 1.29 is 9.53 Å². The molecule has 0 fully saturated rings. The lowest BCUT2D eigenvalue weighted by Crippen LogP contribution is -2.26. The SMILES string of the molecule is COc1ccc(CN2C(=O)Cn3c2nc(C)c3-c2ccncc2)cc1. The van der Waals surface area contributed by atoms with Crippen LogP contribution >= 0.6 is 0 Å². The number of hydrogen-bond donors (Lipinski definition) is 0. The number of hydrogen-bond acceptors (Lipinski definition) is 4. The van der Waals surface area contributed by atoms with E-state index in [1.54, 1.807) is 24.4 Å². The number of carbonyl (C=O) groups is 1. The molecule has 0 atom stereocenters. The normalized spacial score (nSPS) is 13.2. The molecule has 1 aromatic carbocycles. The van der Waals surface area contributed by atoms with E-state index >= 15 is 0 Å². The molecule has 25 heavy (non-hydrogen) atoms. The van der Waals surface area contributed by atoms with Gasteiger partial charge in [0.1, 0.15) is 12.3 Å². The van der Waals surface area contributed by atoms with Gasteiger partial charge in [0.2, 0.25) is 11.9 Å². The minimum absolute atomic E-state index is 0.0497. The molecule has 0 bridgehead atoms. The third kappa shape index (κ3) is 2.65. The lowest BCUT2D eigenvalue weighted by atomic mass is 10.1. The summed E-state index contributed by atoms with van der Waals surface area (Å²) < 4.78 is 7.17. The molecule has 0 spiro atoms. The first-order valence-electron chi connectivity index (χ1n) is 8.08. The number of aryl methyl sites for hydroxylation is 1. The number of amides is 1. The van der Waals surface area contributed by atoms with Crippen LogP contribution in [-0.4, -0.2) is 27.6 Å². The zero-order chi connectivity index (χ0) is 17.4. The largest absolute Gasteiger partial charge is 0.497 e. The van der Waals surface area contributed by atoms with Crippen LogP contribution in [0.15, 0.2) is 48.8 Å². The summed E-state index contributed by atoms with van der Waals surface area (Å²) in [7, 11) is 1.64. The summed E-state index contributed by atoms with van der Waals surface area (Å²) in [6, 6.07) is 11.6. The molecule has 3 heterocycles. The van der Waals surface area contributed by atoms with Crippen molar-refractivity contribution in [3.05, 3.63) is 60.0 Å². The number of ether oxygens (including phenoxy) is 1. The number of fused-ring (bicyclic) bond motifs is 1. The lowest BCUT2D eigenvalue weighted by molar-refractivity contribution is -0.118. The van der Waals surface area contributed by atoms with Crippen molar-refractivity contribution in [2.75, 3.05) is 12.0 Å². The van der Waals surface area contributed by atoms with Gasteiger partial charge in [0.15, 0.2) is 0 Å². The Balaban J connectivity index is 1.68. The number of pyridine rings is 1. The molecule has 1 aliphatic rings. The second kappa shape index (κ2) is 6.05. The second-order valence-electron chi connectivity index (χ2n) is 6.00. The fourth-order valence-electron chi connectivity index (χ4n) is 3.19. The predicted molar refractivity (Wildman–Crippen MR) is 94.4 cm³/mol. The highest BCUT2D eigenvalue weighted by Gasteiger charge is 2.32. The number of anilines is 1. The number of methoxy groups -OCH3 is 1. The lowest BCUT2D eigenvalue weighted by Gasteiger charge is -2.14. The van der Waals surface area contributed by atoms with Gasteiger partial charge in [-0.15, -0.1) is 0 Å². The maximum atomic E-state index is 12.5. The Hall–Kier alpha value is -3.15. The van der Waals surface area contributed by atoms with Crippen LogP contribution in [0.25, 0.3) is 11.3 Å². The second-order valence-corrected chi connectivity index (χ2v) is 6.00. The number of benzene rings is 1. The Morgan fingerprint density at radius 3 is 2.52 bits per heavy atom. The fraction of sp³-hybridized carbons (Fsp3) is 0.211. The third-order valence-corrected chi connectivity index (χ3v) is 4.41. The van der Waals surface area contributed by atoms with Crippen molar-refractivity contribution in [3.63, 3.8) is 0 Å². The van der Waals surface area contributed by atoms with Gasteiger partial charge in [-0.25, -0.2) is 4.98 Å². The molecule has 0 unspecified atom stereocenters. The summed E-state index contributed by atoms with van der Waals surface area (Å²) in [4.78, 5) is 23.0. The monoisotopic (exact) mass is 334 g/mol. The van der Waals surface area contributed by atoms with Crippen LogP contribution in [0.1, 0.15) is 11.3 Å². The van der Waals surface area contributed by atoms with Crippen LogP contribution in [0.5, 0.6) is 5.75 Å². The van der Waals surface area contributed by atoms with E-state index in [1.165, 1.54) is 0 Å². The molecule has 0 saturated heterocycles. The van der Waals surface area contributed by atoms with E-state index in [1.807, 2.05) is 47.9 Å². The summed E-state index contributed by atoms with van der Waals surface area (Å²) in [5.41, 5.74) is 3.94. The Morgan fingerprint density at radius 1 is 1.12 bits per heavy atom. The third-order valence-electron chi connectivity index (χ3n) is 4.41. The van der Waals surface area contributed by atoms with E-state index in [0.717, 1.165) is 28.3 Å². The van der Waals surface area contributed by atoms with Gasteiger partial charge in [0.25, 0.3) is 0 Å². The van der Waals surface area contributed by atoms with Crippen LogP contribution in [-0.2, 0) is 17.9 Å². The molecule has 2 aromatic heterocycles. The quantitative estimate of drug-likeness (QED) is 0.736. The maximum absolute atomic E-state index is 12.5. The van der Waals surface area contributed by atoms with Gasteiger partial charge < -0.3 is 9.30 Å². The van der Waals surface area contributed by atoms with Gasteiger partial charge in [-0.2, -0.15) is 0 Å². The number of nitrogens with zero attached hydrogens (tertiary/aromatic N) is 4.